The van der Waals surface area contributed by atoms with Crippen LogP contribution in [0.2, 0.25) is 5.02 Å². The van der Waals surface area contributed by atoms with Gasteiger partial charge in [0.1, 0.15) is 0 Å². The van der Waals surface area contributed by atoms with Crippen LogP contribution in [0.5, 0.6) is 0 Å². The lowest BCUT2D eigenvalue weighted by Crippen LogP contribution is -2.52. The van der Waals surface area contributed by atoms with E-state index in [0.29, 0.717) is 28.4 Å². The van der Waals surface area contributed by atoms with E-state index in [1.807, 2.05) is 6.92 Å². The number of likely N-dealkylation sites (N-methyl/N-ethyl adjacent to an activating group) is 1. The number of ether oxygens (including phenoxy) is 1. The first-order chi connectivity index (χ1) is 13.3. The Hall–Kier alpha value is -2.58. The Balaban J connectivity index is 2.08. The number of amides is 3. The number of urea groups is 1. The van der Waals surface area contributed by atoms with Crippen LogP contribution in [0.1, 0.15) is 20.3 Å². The molecule has 0 aliphatic carbocycles. The van der Waals surface area contributed by atoms with E-state index < -0.39 is 12.0 Å². The largest absolute Gasteiger partial charge is 0.463 e. The molecular formula is C19H25ClN4O4. The fraction of sp³-hybridized carbons (Fsp3) is 0.421. The van der Waals surface area contributed by atoms with Crippen molar-refractivity contribution in [1.29, 1.82) is 0 Å². The Morgan fingerprint density at radius 3 is 2.54 bits per heavy atom. The number of hydrogen-bond donors (Lipinski definition) is 3. The number of nitrogens with one attached hydrogen (secondary N) is 3. The molecule has 0 unspecified atom stereocenters. The highest BCUT2D eigenvalue weighted by molar-refractivity contribution is 6.30. The molecule has 8 nitrogen and oxygen atoms in total. The molecule has 1 aliphatic rings. The third kappa shape index (κ3) is 5.97. The molecule has 1 aromatic rings. The lowest BCUT2D eigenvalue weighted by Gasteiger charge is -2.30. The lowest BCUT2D eigenvalue weighted by atomic mass is 10.00. The van der Waals surface area contributed by atoms with Gasteiger partial charge in [0, 0.05) is 23.0 Å². The Labute approximate surface area is 169 Å². The molecule has 9 heteroatoms. The summed E-state index contributed by atoms with van der Waals surface area (Å²) in [6.45, 7) is 4.12. The van der Waals surface area contributed by atoms with Gasteiger partial charge in [0.05, 0.1) is 24.8 Å². The highest BCUT2D eigenvalue weighted by Crippen LogP contribution is 2.18. The zero-order chi connectivity index (χ0) is 20.7. The lowest BCUT2D eigenvalue weighted by molar-refractivity contribution is -0.139. The van der Waals surface area contributed by atoms with Crippen LogP contribution in [0.25, 0.3) is 0 Å². The molecule has 0 spiro atoms. The minimum absolute atomic E-state index is 0.0717. The van der Waals surface area contributed by atoms with Gasteiger partial charge in [-0.2, -0.15) is 0 Å². The molecule has 0 bridgehead atoms. The van der Waals surface area contributed by atoms with Gasteiger partial charge in [-0.05, 0) is 44.7 Å². The molecule has 2 rings (SSSR count). The van der Waals surface area contributed by atoms with Crippen LogP contribution in [-0.4, -0.2) is 55.6 Å². The van der Waals surface area contributed by atoms with E-state index in [1.165, 1.54) is 0 Å². The van der Waals surface area contributed by atoms with Gasteiger partial charge in [-0.15, -0.1) is 0 Å². The fourth-order valence-electron chi connectivity index (χ4n) is 2.89. The first-order valence-corrected chi connectivity index (χ1v) is 9.43. The Kier molecular flexibility index (Phi) is 7.83. The molecule has 3 N–H and O–H groups in total. The van der Waals surface area contributed by atoms with Crippen molar-refractivity contribution in [3.63, 3.8) is 0 Å². The smallest absolute Gasteiger partial charge is 0.337 e. The van der Waals surface area contributed by atoms with E-state index in [9.17, 15) is 14.4 Å². The zero-order valence-corrected chi connectivity index (χ0v) is 16.9. The van der Waals surface area contributed by atoms with Crippen molar-refractivity contribution in [2.24, 2.45) is 0 Å². The number of hydrogen-bond acceptors (Lipinski definition) is 5. The molecule has 3 amide bonds. The molecule has 0 fully saturated rings. The van der Waals surface area contributed by atoms with Crippen LogP contribution in [0.4, 0.5) is 10.5 Å². The minimum Gasteiger partial charge on any atom is -0.463 e. The van der Waals surface area contributed by atoms with E-state index in [2.05, 4.69) is 16.0 Å². The van der Waals surface area contributed by atoms with Gasteiger partial charge in [0.25, 0.3) is 0 Å². The van der Waals surface area contributed by atoms with Crippen molar-refractivity contribution in [2.75, 3.05) is 32.1 Å². The molecule has 28 heavy (non-hydrogen) atoms. The standard InChI is InChI=1S/C19H25ClN4O4/c1-4-14-17(18(26)28-5-2)15(23-19(27)22-14)10-24(3)11-16(25)21-13-8-6-12(20)7-9-13/h6-9,14H,4-5,10-11H2,1-3H3,(H,21,25)(H2,22,23,27)/t14-/m1/s1. The summed E-state index contributed by atoms with van der Waals surface area (Å²) in [5, 5.41) is 8.75. The first kappa shape index (κ1) is 21.7. The molecule has 0 saturated heterocycles. The summed E-state index contributed by atoms with van der Waals surface area (Å²) in [5.74, 6) is -0.703. The topological polar surface area (TPSA) is 99.8 Å². The van der Waals surface area contributed by atoms with Crippen LogP contribution in [-0.2, 0) is 14.3 Å². The maximum absolute atomic E-state index is 12.4. The van der Waals surface area contributed by atoms with Crippen molar-refractivity contribution >= 4 is 35.2 Å². The molecule has 152 valence electrons. The fourth-order valence-corrected chi connectivity index (χ4v) is 3.02. The van der Waals surface area contributed by atoms with Gasteiger partial charge in [-0.1, -0.05) is 18.5 Å². The Morgan fingerprint density at radius 2 is 1.93 bits per heavy atom. The molecule has 0 aromatic heterocycles. The van der Waals surface area contributed by atoms with Gasteiger partial charge in [0.15, 0.2) is 0 Å². The highest BCUT2D eigenvalue weighted by atomic mass is 35.5. The maximum atomic E-state index is 12.4. The van der Waals surface area contributed by atoms with Gasteiger partial charge < -0.3 is 20.7 Å². The molecule has 1 aliphatic heterocycles. The van der Waals surface area contributed by atoms with Gasteiger partial charge in [-0.25, -0.2) is 9.59 Å². The summed E-state index contributed by atoms with van der Waals surface area (Å²) in [6, 6.07) is 5.98. The number of carbonyl (C=O) groups excluding carboxylic acids is 3. The molecule has 1 aromatic carbocycles. The van der Waals surface area contributed by atoms with Crippen LogP contribution in [0, 0.1) is 0 Å². The second-order valence-corrected chi connectivity index (χ2v) is 6.84. The molecular weight excluding hydrogens is 384 g/mol. The third-order valence-electron chi connectivity index (χ3n) is 4.12. The summed E-state index contributed by atoms with van der Waals surface area (Å²) >= 11 is 5.83. The average molecular weight is 409 g/mol. The normalized spacial score (nSPS) is 16.5. The van der Waals surface area contributed by atoms with Crippen molar-refractivity contribution in [2.45, 2.75) is 26.3 Å². The summed E-state index contributed by atoms with van der Waals surface area (Å²) in [6.07, 6.45) is 0.547. The van der Waals surface area contributed by atoms with E-state index in [1.54, 1.807) is 43.1 Å². The number of anilines is 1. The van der Waals surface area contributed by atoms with Crippen LogP contribution >= 0.6 is 11.6 Å². The van der Waals surface area contributed by atoms with E-state index in [-0.39, 0.29) is 31.6 Å². The predicted octanol–water partition coefficient (Wildman–Crippen LogP) is 2.12. The Morgan fingerprint density at radius 1 is 1.25 bits per heavy atom. The summed E-state index contributed by atoms with van der Waals surface area (Å²) in [7, 11) is 1.73. The summed E-state index contributed by atoms with van der Waals surface area (Å²) in [4.78, 5) is 38.3. The monoisotopic (exact) mass is 408 g/mol. The second kappa shape index (κ2) is 10.1. The average Bonchev–Trinajstić information content (AvgIpc) is 2.62. The first-order valence-electron chi connectivity index (χ1n) is 9.05. The van der Waals surface area contributed by atoms with E-state index in [4.69, 9.17) is 16.3 Å². The Bertz CT molecular complexity index is 764. The summed E-state index contributed by atoms with van der Waals surface area (Å²) < 4.78 is 5.13. The molecule has 0 saturated carbocycles. The van der Waals surface area contributed by atoms with Crippen molar-refractivity contribution in [3.8, 4) is 0 Å². The highest BCUT2D eigenvalue weighted by Gasteiger charge is 2.31. The van der Waals surface area contributed by atoms with Crippen molar-refractivity contribution < 1.29 is 19.1 Å². The van der Waals surface area contributed by atoms with Gasteiger partial charge >= 0.3 is 12.0 Å². The molecule has 1 heterocycles. The molecule has 1 atom stereocenters. The van der Waals surface area contributed by atoms with E-state index >= 15 is 0 Å². The van der Waals surface area contributed by atoms with Crippen molar-refractivity contribution in [3.05, 3.63) is 40.6 Å². The number of halogens is 1. The maximum Gasteiger partial charge on any atom is 0.337 e. The van der Waals surface area contributed by atoms with Crippen LogP contribution in [0.15, 0.2) is 35.5 Å². The predicted molar refractivity (Wildman–Crippen MR) is 107 cm³/mol. The van der Waals surface area contributed by atoms with Gasteiger partial charge in [-0.3, -0.25) is 9.69 Å². The SMILES string of the molecule is CCOC(=O)C1=C(CN(C)CC(=O)Nc2ccc(Cl)cc2)NC(=O)N[C@@H]1CC. The number of nitrogens with zero attached hydrogens (tertiary/aromatic N) is 1. The minimum atomic E-state index is -0.476. The number of esters is 1. The molecule has 0 radical (unpaired) electrons. The quantitative estimate of drug-likeness (QED) is 0.572. The number of carbonyl (C=O) groups is 3. The zero-order valence-electron chi connectivity index (χ0n) is 16.2. The van der Waals surface area contributed by atoms with Crippen molar-refractivity contribution in [1.82, 2.24) is 15.5 Å². The second-order valence-electron chi connectivity index (χ2n) is 6.40. The third-order valence-corrected chi connectivity index (χ3v) is 4.37. The number of rotatable bonds is 8. The number of benzene rings is 1. The van der Waals surface area contributed by atoms with E-state index in [0.717, 1.165) is 0 Å². The van der Waals surface area contributed by atoms with Gasteiger partial charge in [0.2, 0.25) is 5.91 Å². The summed E-state index contributed by atoms with van der Waals surface area (Å²) in [5.41, 5.74) is 1.46. The van der Waals surface area contributed by atoms with Crippen LogP contribution in [0.3, 0.4) is 0 Å². The van der Waals surface area contributed by atoms with Crippen LogP contribution < -0.4 is 16.0 Å².